The highest BCUT2D eigenvalue weighted by molar-refractivity contribution is 7.89. The van der Waals surface area contributed by atoms with Crippen LogP contribution in [-0.4, -0.2) is 44.3 Å². The van der Waals surface area contributed by atoms with Crippen LogP contribution in [0, 0.1) is 0 Å². The molecule has 0 aliphatic heterocycles. The molecule has 0 spiro atoms. The normalized spacial score (nSPS) is 10.9. The molecular formula is C16H18N4O6S2. The van der Waals surface area contributed by atoms with Gasteiger partial charge in [0, 0.05) is 18.8 Å². The predicted octanol–water partition coefficient (Wildman–Crippen LogP) is 0.265. The molecule has 0 saturated carbocycles. The largest absolute Gasteiger partial charge is 0.451 e. The number of ether oxygens (including phenoxy) is 1. The molecule has 0 unspecified atom stereocenters. The topological polar surface area (TPSA) is 158 Å². The molecule has 2 aromatic rings. The van der Waals surface area contributed by atoms with Gasteiger partial charge in [0.15, 0.2) is 17.4 Å². The second kappa shape index (κ2) is 9.39. The molecule has 2 rings (SSSR count). The zero-order chi connectivity index (χ0) is 20.7. The van der Waals surface area contributed by atoms with Gasteiger partial charge in [-0.2, -0.15) is 0 Å². The monoisotopic (exact) mass is 426 g/mol. The maximum absolute atomic E-state index is 11.8. The van der Waals surface area contributed by atoms with Crippen molar-refractivity contribution in [3.05, 3.63) is 40.9 Å². The first kappa shape index (κ1) is 21.5. The minimum absolute atomic E-state index is 0.00324. The lowest BCUT2D eigenvalue weighted by Gasteiger charge is -2.06. The molecule has 10 nitrogen and oxygen atoms in total. The van der Waals surface area contributed by atoms with Crippen LogP contribution in [-0.2, 0) is 30.8 Å². The van der Waals surface area contributed by atoms with Gasteiger partial charge >= 0.3 is 5.97 Å². The summed E-state index contributed by atoms with van der Waals surface area (Å²) in [6.45, 7) is 1.11. The molecule has 0 bridgehead atoms. The molecule has 0 atom stereocenters. The Bertz CT molecular complexity index is 969. The summed E-state index contributed by atoms with van der Waals surface area (Å²) in [5.74, 6) is -1.58. The smallest absolute Gasteiger partial charge is 0.358 e. The number of amides is 2. The van der Waals surface area contributed by atoms with Crippen molar-refractivity contribution in [3.63, 3.8) is 0 Å². The second-order valence-electron chi connectivity index (χ2n) is 5.58. The molecule has 150 valence electrons. The van der Waals surface area contributed by atoms with E-state index in [1.165, 1.54) is 24.4 Å². The van der Waals surface area contributed by atoms with E-state index in [1.807, 2.05) is 0 Å². The van der Waals surface area contributed by atoms with E-state index in [0.29, 0.717) is 6.42 Å². The summed E-state index contributed by atoms with van der Waals surface area (Å²) in [6.07, 6.45) is 0.455. The highest BCUT2D eigenvalue weighted by Crippen LogP contribution is 2.15. The van der Waals surface area contributed by atoms with Gasteiger partial charge < -0.3 is 15.4 Å². The summed E-state index contributed by atoms with van der Waals surface area (Å²) in [6, 6.07) is 5.97. The summed E-state index contributed by atoms with van der Waals surface area (Å²) >= 11 is 1.06. The number of anilines is 1. The van der Waals surface area contributed by atoms with Crippen LogP contribution < -0.4 is 15.8 Å². The summed E-state index contributed by atoms with van der Waals surface area (Å²) in [4.78, 5) is 38.4. The predicted molar refractivity (Wildman–Crippen MR) is 101 cm³/mol. The Kier molecular flexibility index (Phi) is 7.20. The number of esters is 1. The van der Waals surface area contributed by atoms with Crippen molar-refractivity contribution in [3.8, 4) is 0 Å². The highest BCUT2D eigenvalue weighted by Gasteiger charge is 2.14. The number of aromatic nitrogens is 1. The zero-order valence-corrected chi connectivity index (χ0v) is 16.4. The zero-order valence-electron chi connectivity index (χ0n) is 14.8. The van der Waals surface area contributed by atoms with Crippen molar-refractivity contribution in [1.82, 2.24) is 10.3 Å². The molecule has 0 aliphatic carbocycles. The number of carbonyl (C=O) groups is 3. The number of nitrogens with one attached hydrogen (secondary N) is 2. The molecule has 0 aliphatic rings. The summed E-state index contributed by atoms with van der Waals surface area (Å²) < 4.78 is 27.2. The van der Waals surface area contributed by atoms with Crippen LogP contribution in [0.15, 0.2) is 34.5 Å². The summed E-state index contributed by atoms with van der Waals surface area (Å²) in [5.41, 5.74) is 0.800. The van der Waals surface area contributed by atoms with Gasteiger partial charge in [-0.25, -0.2) is 23.3 Å². The number of sulfonamides is 1. The molecule has 0 fully saturated rings. The van der Waals surface area contributed by atoms with Crippen LogP contribution in [0.1, 0.15) is 23.0 Å². The van der Waals surface area contributed by atoms with Crippen LogP contribution in [0.2, 0.25) is 0 Å². The Morgan fingerprint density at radius 2 is 1.89 bits per heavy atom. The summed E-state index contributed by atoms with van der Waals surface area (Å²) in [5, 5.41) is 11.7. The molecule has 28 heavy (non-hydrogen) atoms. The van der Waals surface area contributed by atoms with Gasteiger partial charge in [-0.05, 0) is 24.1 Å². The Morgan fingerprint density at radius 3 is 2.50 bits per heavy atom. The first-order valence-electron chi connectivity index (χ1n) is 7.94. The van der Waals surface area contributed by atoms with Gasteiger partial charge in [-0.3, -0.25) is 9.59 Å². The number of rotatable bonds is 8. The molecule has 1 aromatic carbocycles. The maximum Gasteiger partial charge on any atom is 0.358 e. The number of hydrogen-bond acceptors (Lipinski definition) is 8. The number of thiazole rings is 1. The molecule has 4 N–H and O–H groups in total. The van der Waals surface area contributed by atoms with Crippen molar-refractivity contribution in [1.29, 1.82) is 0 Å². The first-order valence-corrected chi connectivity index (χ1v) is 10.4. The Morgan fingerprint density at radius 1 is 1.21 bits per heavy atom. The fraction of sp³-hybridized carbons (Fsp3) is 0.250. The van der Waals surface area contributed by atoms with Crippen LogP contribution in [0.25, 0.3) is 0 Å². The summed E-state index contributed by atoms with van der Waals surface area (Å²) in [7, 11) is -3.74. The number of nitrogens with two attached hydrogens (primary N) is 1. The van der Waals surface area contributed by atoms with Gasteiger partial charge in [0.05, 0.1) is 4.90 Å². The van der Waals surface area contributed by atoms with Gasteiger partial charge in [0.25, 0.3) is 5.91 Å². The van der Waals surface area contributed by atoms with Crippen molar-refractivity contribution in [2.45, 2.75) is 18.2 Å². The van der Waals surface area contributed by atoms with E-state index in [1.54, 1.807) is 12.1 Å². The third kappa shape index (κ3) is 6.72. The number of nitrogens with zero attached hydrogens (tertiary/aromatic N) is 1. The third-order valence-electron chi connectivity index (χ3n) is 3.32. The van der Waals surface area contributed by atoms with Crippen LogP contribution in [0.4, 0.5) is 5.13 Å². The van der Waals surface area contributed by atoms with E-state index < -0.39 is 28.5 Å². The van der Waals surface area contributed by atoms with E-state index in [9.17, 15) is 22.8 Å². The highest BCUT2D eigenvalue weighted by atomic mass is 32.2. The molecule has 0 saturated heterocycles. The van der Waals surface area contributed by atoms with Crippen LogP contribution in [0.5, 0.6) is 0 Å². The minimum atomic E-state index is -3.74. The number of hydrogen-bond donors (Lipinski definition) is 3. The van der Waals surface area contributed by atoms with E-state index in [0.717, 1.165) is 16.9 Å². The lowest BCUT2D eigenvalue weighted by Crippen LogP contribution is -2.30. The lowest BCUT2D eigenvalue weighted by atomic mass is 10.1. The van der Waals surface area contributed by atoms with E-state index in [2.05, 4.69) is 15.6 Å². The molecule has 1 aromatic heterocycles. The molecule has 12 heteroatoms. The van der Waals surface area contributed by atoms with Gasteiger partial charge in [-0.1, -0.05) is 12.1 Å². The fourth-order valence-electron chi connectivity index (χ4n) is 2.02. The van der Waals surface area contributed by atoms with Crippen molar-refractivity contribution in [2.75, 3.05) is 18.5 Å². The molecule has 1 heterocycles. The maximum atomic E-state index is 11.8. The minimum Gasteiger partial charge on any atom is -0.451 e. The average Bonchev–Trinajstić information content (AvgIpc) is 3.07. The number of carbonyl (C=O) groups excluding carboxylic acids is 3. The Hall–Kier alpha value is -2.83. The SMILES string of the molecule is CC(=O)Nc1nc(C(=O)OCC(=O)NCCc2ccc(S(N)(=O)=O)cc2)cs1. The first-order chi connectivity index (χ1) is 13.1. The lowest BCUT2D eigenvalue weighted by molar-refractivity contribution is -0.124. The fourth-order valence-corrected chi connectivity index (χ4v) is 3.26. The molecule has 0 radical (unpaired) electrons. The van der Waals surface area contributed by atoms with Crippen molar-refractivity contribution >= 4 is 44.3 Å². The van der Waals surface area contributed by atoms with Gasteiger partial charge in [0.1, 0.15) is 0 Å². The standard InChI is InChI=1S/C16H18N4O6S2/c1-10(21)19-16-20-13(9-27-16)15(23)26-8-14(22)18-7-6-11-2-4-12(5-3-11)28(17,24)25/h2-5,9H,6-8H2,1H3,(H,18,22)(H2,17,24,25)(H,19,20,21). The number of primary sulfonamides is 1. The van der Waals surface area contributed by atoms with E-state index in [4.69, 9.17) is 9.88 Å². The van der Waals surface area contributed by atoms with Crippen molar-refractivity contribution in [2.24, 2.45) is 5.14 Å². The molecule has 2 amide bonds. The number of benzene rings is 1. The van der Waals surface area contributed by atoms with E-state index in [-0.39, 0.29) is 28.2 Å². The van der Waals surface area contributed by atoms with Gasteiger partial charge in [0.2, 0.25) is 15.9 Å². The second-order valence-corrected chi connectivity index (χ2v) is 8.00. The van der Waals surface area contributed by atoms with Crippen molar-refractivity contribution < 1.29 is 27.5 Å². The Balaban J connectivity index is 1.73. The Labute approximate surface area is 165 Å². The quantitative estimate of drug-likeness (QED) is 0.511. The molecular weight excluding hydrogens is 408 g/mol. The van der Waals surface area contributed by atoms with Gasteiger partial charge in [-0.15, -0.1) is 11.3 Å². The van der Waals surface area contributed by atoms with Crippen LogP contribution in [0.3, 0.4) is 0 Å². The van der Waals surface area contributed by atoms with Crippen LogP contribution >= 0.6 is 11.3 Å². The van der Waals surface area contributed by atoms with E-state index >= 15 is 0 Å². The average molecular weight is 426 g/mol. The third-order valence-corrected chi connectivity index (χ3v) is 5.01.